The quantitative estimate of drug-likeness (QED) is 0.166. The predicted octanol–water partition coefficient (Wildman–Crippen LogP) is 13.1. The van der Waals surface area contributed by atoms with Crippen molar-refractivity contribution in [2.75, 3.05) is 4.90 Å². The molecule has 0 N–H and O–H groups in total. The van der Waals surface area contributed by atoms with Gasteiger partial charge in [-0.05, 0) is 17.0 Å². The minimum absolute atomic E-state index is 0.00508. The van der Waals surface area contributed by atoms with Crippen molar-refractivity contribution in [3.05, 3.63) is 179 Å². The van der Waals surface area contributed by atoms with Crippen LogP contribution in [0.3, 0.4) is 0 Å². The first-order chi connectivity index (χ1) is 27.0. The molecular weight excluding hydrogens is 866 g/mol. The summed E-state index contributed by atoms with van der Waals surface area (Å²) < 4.78 is 8.24. The van der Waals surface area contributed by atoms with Gasteiger partial charge in [0, 0.05) is 6.20 Å². The van der Waals surface area contributed by atoms with Crippen LogP contribution in [0.4, 0.5) is 17.1 Å². The number of aromatic nitrogens is 4. The van der Waals surface area contributed by atoms with E-state index in [2.05, 4.69) is 237 Å². The molecule has 280 valence electrons. The van der Waals surface area contributed by atoms with E-state index in [1.54, 1.807) is 0 Å². The molecule has 0 aliphatic rings. The Hall–Kier alpha value is -5.77. The number of benzene rings is 6. The zero-order chi connectivity index (χ0) is 38.8. The summed E-state index contributed by atoms with van der Waals surface area (Å²) in [7, 11) is 0. The van der Waals surface area contributed by atoms with Gasteiger partial charge >= 0.3 is 285 Å². The van der Waals surface area contributed by atoms with Crippen LogP contribution < -0.4 is 4.90 Å². The Morgan fingerprint density at radius 1 is 0.482 bits per heavy atom. The summed E-state index contributed by atoms with van der Waals surface area (Å²) in [6, 6.07) is 57.0. The molecule has 0 unspecified atom stereocenters. The van der Waals surface area contributed by atoms with Crippen LogP contribution in [-0.2, 0) is 30.2 Å². The van der Waals surface area contributed by atoms with Gasteiger partial charge in [-0.1, -0.05) is 32.9 Å². The van der Waals surface area contributed by atoms with Gasteiger partial charge in [0.25, 0.3) is 0 Å². The molecule has 0 spiro atoms. The summed E-state index contributed by atoms with van der Waals surface area (Å²) in [5.74, 6) is 0.921. The third kappa shape index (κ3) is 6.15. The number of pyridine rings is 1. The normalized spacial score (nSPS) is 12.2. The molecule has 5 nitrogen and oxygen atoms in total. The van der Waals surface area contributed by atoms with E-state index in [0.717, 1.165) is 48.9 Å². The van der Waals surface area contributed by atoms with Crippen molar-refractivity contribution in [2.24, 2.45) is 0 Å². The molecule has 0 fully saturated rings. The first-order valence-corrected chi connectivity index (χ1v) is 20.4. The van der Waals surface area contributed by atoms with E-state index >= 15 is 0 Å². The van der Waals surface area contributed by atoms with Gasteiger partial charge in [-0.3, -0.25) is 0 Å². The van der Waals surface area contributed by atoms with Gasteiger partial charge in [-0.15, -0.1) is 0 Å². The van der Waals surface area contributed by atoms with Crippen molar-refractivity contribution < 1.29 is 19.4 Å². The predicted molar refractivity (Wildman–Crippen MR) is 230 cm³/mol. The molecule has 0 bridgehead atoms. The molecular formula is C50H45N5Pt. The van der Waals surface area contributed by atoms with Crippen molar-refractivity contribution in [3.8, 4) is 17.2 Å². The molecule has 6 aromatic carbocycles. The van der Waals surface area contributed by atoms with Crippen LogP contribution in [0.2, 0.25) is 0 Å². The minimum atomic E-state index is -0.0233. The Labute approximate surface area is 339 Å². The van der Waals surface area contributed by atoms with E-state index in [0.29, 0.717) is 0 Å². The fourth-order valence-electron chi connectivity index (χ4n) is 8.04. The standard InChI is InChI=1S/C50H45N5.Pt/c1-49(2,3)35-29-30-51-48(31-35)55-43-23-12-10-21-40(43)41-28-27-39(33-47(41)55)54(36-17-8-7-9-18-36)38-20-16-19-37(32-38)52-34-53(46-26-15-14-25-45(46)52)44-24-13-11-22-42(44)50(4,5)6;/h7-33H,1-6H3;. The van der Waals surface area contributed by atoms with Gasteiger partial charge in [-0.2, -0.15) is 0 Å². The summed E-state index contributed by atoms with van der Waals surface area (Å²) >= 11 is 2.51. The number of nitrogens with zero attached hydrogens (tertiary/aromatic N) is 5. The Bertz CT molecular complexity index is 2970. The summed E-state index contributed by atoms with van der Waals surface area (Å²) in [6.07, 6.45) is 1.94. The SMILES string of the molecule is CC(C)(C)c1ccnc(-n2c3ccccc3c3ccc(N(c4ccccc4)c4cccc(-n5[c](=[Pt])n(-c6ccccc6C(C)(C)C)c6ccccc65)c4)cc32)c1. The Morgan fingerprint density at radius 2 is 1.11 bits per heavy atom. The number of fused-ring (bicyclic) bond motifs is 4. The topological polar surface area (TPSA) is 30.9 Å². The van der Waals surface area contributed by atoms with Crippen LogP contribution in [0.1, 0.15) is 52.7 Å². The Kier molecular flexibility index (Phi) is 8.82. The molecule has 0 aliphatic carbocycles. The molecule has 9 rings (SSSR count). The second-order valence-electron chi connectivity index (χ2n) is 16.6. The number of para-hydroxylation sites is 5. The van der Waals surface area contributed by atoms with Crippen LogP contribution in [0.15, 0.2) is 164 Å². The summed E-state index contributed by atoms with van der Waals surface area (Å²) in [5.41, 5.74) is 12.6. The van der Waals surface area contributed by atoms with Crippen molar-refractivity contribution >= 4 is 49.9 Å². The third-order valence-electron chi connectivity index (χ3n) is 10.8. The van der Waals surface area contributed by atoms with Crippen LogP contribution in [0, 0.1) is 3.80 Å². The van der Waals surface area contributed by atoms with E-state index in [-0.39, 0.29) is 10.8 Å². The van der Waals surface area contributed by atoms with Crippen LogP contribution in [0.5, 0.6) is 0 Å². The van der Waals surface area contributed by atoms with Gasteiger partial charge in [-0.25, -0.2) is 0 Å². The van der Waals surface area contributed by atoms with Crippen LogP contribution in [0.25, 0.3) is 50.0 Å². The summed E-state index contributed by atoms with van der Waals surface area (Å²) in [4.78, 5) is 7.32. The van der Waals surface area contributed by atoms with Crippen molar-refractivity contribution in [1.82, 2.24) is 18.7 Å². The van der Waals surface area contributed by atoms with Crippen LogP contribution in [-0.4, -0.2) is 18.7 Å². The molecule has 9 aromatic rings. The second kappa shape index (κ2) is 13.8. The van der Waals surface area contributed by atoms with E-state index in [1.807, 2.05) is 6.20 Å². The van der Waals surface area contributed by atoms with E-state index in [9.17, 15) is 0 Å². The van der Waals surface area contributed by atoms with Gasteiger partial charge in [0.1, 0.15) is 0 Å². The maximum absolute atomic E-state index is 4.95. The molecule has 0 saturated carbocycles. The van der Waals surface area contributed by atoms with Crippen LogP contribution >= 0.6 is 0 Å². The molecule has 6 heteroatoms. The fourth-order valence-corrected chi connectivity index (χ4v) is 9.15. The molecule has 3 heterocycles. The molecule has 3 aromatic heterocycles. The maximum atomic E-state index is 4.95. The molecule has 56 heavy (non-hydrogen) atoms. The average Bonchev–Trinajstić information content (AvgIpc) is 3.69. The molecule has 0 saturated heterocycles. The number of anilines is 3. The van der Waals surface area contributed by atoms with E-state index in [4.69, 9.17) is 4.98 Å². The Balaban J connectivity index is 1.25. The summed E-state index contributed by atoms with van der Waals surface area (Å²) in [5, 5.41) is 2.41. The third-order valence-corrected chi connectivity index (χ3v) is 11.8. The zero-order valence-corrected chi connectivity index (χ0v) is 34.9. The Morgan fingerprint density at radius 3 is 1.86 bits per heavy atom. The molecule has 0 radical (unpaired) electrons. The molecule has 0 aliphatic heterocycles. The van der Waals surface area contributed by atoms with Gasteiger partial charge in [0.05, 0.1) is 0 Å². The number of hydrogen-bond donors (Lipinski definition) is 0. The molecule has 0 amide bonds. The van der Waals surface area contributed by atoms with E-state index in [1.165, 1.54) is 33.1 Å². The van der Waals surface area contributed by atoms with Crippen molar-refractivity contribution in [3.63, 3.8) is 0 Å². The van der Waals surface area contributed by atoms with Crippen molar-refractivity contribution in [1.29, 1.82) is 0 Å². The first-order valence-electron chi connectivity index (χ1n) is 19.2. The monoisotopic (exact) mass is 910 g/mol. The van der Waals surface area contributed by atoms with Gasteiger partial charge < -0.3 is 0 Å². The fraction of sp³-hybridized carbons (Fsp3) is 0.160. The number of imidazole rings is 1. The summed E-state index contributed by atoms with van der Waals surface area (Å²) in [6.45, 7) is 13.6. The van der Waals surface area contributed by atoms with Gasteiger partial charge in [0.2, 0.25) is 0 Å². The zero-order valence-electron chi connectivity index (χ0n) is 32.6. The second-order valence-corrected chi connectivity index (χ2v) is 17.6. The number of hydrogen-bond acceptors (Lipinski definition) is 2. The van der Waals surface area contributed by atoms with Gasteiger partial charge in [0.15, 0.2) is 0 Å². The molecule has 0 atom stereocenters. The number of rotatable bonds is 6. The van der Waals surface area contributed by atoms with E-state index < -0.39 is 0 Å². The first kappa shape index (κ1) is 35.9. The van der Waals surface area contributed by atoms with Crippen molar-refractivity contribution in [2.45, 2.75) is 52.4 Å². The average molecular weight is 911 g/mol.